The molecule has 8 heteroatoms. The van der Waals surface area contributed by atoms with E-state index in [9.17, 15) is 13.2 Å². The summed E-state index contributed by atoms with van der Waals surface area (Å²) in [7, 11) is 0. The Balaban J connectivity index is 2.37. The first-order valence-electron chi connectivity index (χ1n) is 4.97. The number of hydrogen-bond donors (Lipinski definition) is 1. The van der Waals surface area contributed by atoms with Crippen LogP contribution in [-0.2, 0) is 0 Å². The van der Waals surface area contributed by atoms with Crippen LogP contribution in [0.3, 0.4) is 0 Å². The van der Waals surface area contributed by atoms with E-state index in [1.807, 2.05) is 0 Å². The van der Waals surface area contributed by atoms with Crippen LogP contribution >= 0.6 is 24.0 Å². The van der Waals surface area contributed by atoms with E-state index in [0.717, 1.165) is 17.5 Å². The van der Waals surface area contributed by atoms with Crippen LogP contribution in [0.25, 0.3) is 0 Å². The van der Waals surface area contributed by atoms with Gasteiger partial charge in [-0.15, -0.1) is 0 Å². The first kappa shape index (κ1) is 15.0. The van der Waals surface area contributed by atoms with E-state index in [1.165, 1.54) is 0 Å². The van der Waals surface area contributed by atoms with Crippen LogP contribution in [0.4, 0.5) is 19.2 Å². The molecule has 1 aromatic heterocycles. The molecule has 0 aliphatic heterocycles. The van der Waals surface area contributed by atoms with Gasteiger partial charge in [-0.3, -0.25) is 5.32 Å². The lowest BCUT2D eigenvalue weighted by Crippen LogP contribution is -2.05. The fourth-order valence-corrected chi connectivity index (χ4v) is 1.94. The van der Waals surface area contributed by atoms with Crippen LogP contribution in [-0.4, -0.2) is 15.1 Å². The molecule has 1 N–H and O–H groups in total. The Kier molecular flexibility index (Phi) is 5.67. The Hall–Kier alpha value is -1.02. The van der Waals surface area contributed by atoms with Gasteiger partial charge in [0.25, 0.3) is 0 Å². The quantitative estimate of drug-likeness (QED) is 0.843. The molecule has 0 fully saturated rings. The summed E-state index contributed by atoms with van der Waals surface area (Å²) in [5.41, 5.74) is 0.735. The number of nitrogens with one attached hydrogen (secondary N) is 1. The lowest BCUT2D eigenvalue weighted by atomic mass is 10.4. The summed E-state index contributed by atoms with van der Waals surface area (Å²) in [5, 5.41) is 2.70. The Bertz CT molecular complexity index is 450. The highest BCUT2D eigenvalue weighted by Gasteiger charge is 2.09. The standard InChI is InChI=1S/C10H11F3N2OS2/c1-5-6(2)16-9(14-5)15-10(17)18-4-3-7(11)8(12)13/h3-4H2,1-2H3,(H,14,15,17). The van der Waals surface area contributed by atoms with Gasteiger partial charge in [0.1, 0.15) is 10.1 Å². The highest BCUT2D eigenvalue weighted by atomic mass is 32.2. The summed E-state index contributed by atoms with van der Waals surface area (Å²) >= 11 is 5.98. The fraction of sp³-hybridized carbons (Fsp3) is 0.400. The first-order valence-corrected chi connectivity index (χ1v) is 6.37. The third-order valence-corrected chi connectivity index (χ3v) is 3.23. The highest BCUT2D eigenvalue weighted by Crippen LogP contribution is 2.19. The van der Waals surface area contributed by atoms with E-state index in [0.29, 0.717) is 10.1 Å². The molecule has 0 saturated carbocycles. The number of aryl methyl sites for hydroxylation is 2. The average molecular weight is 296 g/mol. The Morgan fingerprint density at radius 1 is 1.39 bits per heavy atom. The van der Waals surface area contributed by atoms with Crippen molar-refractivity contribution in [3.05, 3.63) is 23.4 Å². The monoisotopic (exact) mass is 296 g/mol. The van der Waals surface area contributed by atoms with E-state index < -0.39 is 11.9 Å². The number of anilines is 1. The predicted molar refractivity (Wildman–Crippen MR) is 69.6 cm³/mol. The van der Waals surface area contributed by atoms with Crippen molar-refractivity contribution >= 4 is 34.3 Å². The molecule has 1 rings (SSSR count). The van der Waals surface area contributed by atoms with E-state index in [1.54, 1.807) is 13.8 Å². The minimum Gasteiger partial charge on any atom is -0.429 e. The molecule has 0 bridgehead atoms. The van der Waals surface area contributed by atoms with Crippen molar-refractivity contribution < 1.29 is 17.6 Å². The maximum Gasteiger partial charge on any atom is 0.301 e. The molecular weight excluding hydrogens is 285 g/mol. The number of thiocarbonyl (C=S) groups is 1. The second kappa shape index (κ2) is 6.79. The number of rotatable bonds is 4. The zero-order valence-corrected chi connectivity index (χ0v) is 11.4. The van der Waals surface area contributed by atoms with Crippen molar-refractivity contribution in [2.45, 2.75) is 20.3 Å². The third kappa shape index (κ3) is 4.69. The van der Waals surface area contributed by atoms with Crippen LogP contribution < -0.4 is 5.32 Å². The molecule has 1 heterocycles. The van der Waals surface area contributed by atoms with Gasteiger partial charge in [-0.2, -0.15) is 13.8 Å². The zero-order valence-electron chi connectivity index (χ0n) is 9.72. The predicted octanol–water partition coefficient (Wildman–Crippen LogP) is 4.19. The summed E-state index contributed by atoms with van der Waals surface area (Å²) in [5.74, 6) is -0.625. The van der Waals surface area contributed by atoms with Crippen LogP contribution in [0.1, 0.15) is 17.9 Å². The van der Waals surface area contributed by atoms with Crippen molar-refractivity contribution in [1.82, 2.24) is 4.98 Å². The van der Waals surface area contributed by atoms with Crippen molar-refractivity contribution in [3.8, 4) is 0 Å². The maximum absolute atomic E-state index is 12.5. The SMILES string of the molecule is Cc1nc(NC(=S)SCCC(F)=C(F)F)oc1C. The summed E-state index contributed by atoms with van der Waals surface area (Å²) in [6, 6.07) is 0.246. The van der Waals surface area contributed by atoms with Gasteiger partial charge in [-0.05, 0) is 13.8 Å². The second-order valence-electron chi connectivity index (χ2n) is 3.34. The van der Waals surface area contributed by atoms with Crippen LogP contribution in [0.15, 0.2) is 16.3 Å². The number of allylic oxidation sites excluding steroid dienone is 1. The van der Waals surface area contributed by atoms with Gasteiger partial charge in [0.05, 0.1) is 5.69 Å². The van der Waals surface area contributed by atoms with Gasteiger partial charge in [0, 0.05) is 12.2 Å². The molecule has 18 heavy (non-hydrogen) atoms. The van der Waals surface area contributed by atoms with Gasteiger partial charge < -0.3 is 4.42 Å². The van der Waals surface area contributed by atoms with E-state index >= 15 is 0 Å². The molecule has 0 aliphatic rings. The average Bonchev–Trinajstić information content (AvgIpc) is 2.57. The molecule has 0 aliphatic carbocycles. The fourth-order valence-electron chi connectivity index (χ4n) is 0.977. The summed E-state index contributed by atoms with van der Waals surface area (Å²) < 4.78 is 41.5. The molecule has 0 atom stereocenters. The smallest absolute Gasteiger partial charge is 0.301 e. The maximum atomic E-state index is 12.5. The topological polar surface area (TPSA) is 38.1 Å². The van der Waals surface area contributed by atoms with Gasteiger partial charge in [-0.1, -0.05) is 24.0 Å². The number of thioether (sulfide) groups is 1. The number of oxazole rings is 1. The van der Waals surface area contributed by atoms with E-state index in [-0.39, 0.29) is 18.2 Å². The molecule has 3 nitrogen and oxygen atoms in total. The molecule has 0 spiro atoms. The summed E-state index contributed by atoms with van der Waals surface area (Å²) in [4.78, 5) is 4.04. The molecule has 0 amide bonds. The lowest BCUT2D eigenvalue weighted by molar-refractivity contribution is 0.373. The van der Waals surface area contributed by atoms with Gasteiger partial charge in [-0.25, -0.2) is 4.39 Å². The molecule has 1 aromatic rings. The number of nitrogens with zero attached hydrogens (tertiary/aromatic N) is 1. The number of halogens is 3. The van der Waals surface area contributed by atoms with Crippen molar-refractivity contribution in [2.24, 2.45) is 0 Å². The molecule has 0 unspecified atom stereocenters. The molecule has 0 aromatic carbocycles. The van der Waals surface area contributed by atoms with Gasteiger partial charge in [0.2, 0.25) is 0 Å². The van der Waals surface area contributed by atoms with Crippen molar-refractivity contribution in [2.75, 3.05) is 11.1 Å². The Labute approximate surface area is 112 Å². The summed E-state index contributed by atoms with van der Waals surface area (Å²) in [6.45, 7) is 3.54. The van der Waals surface area contributed by atoms with Crippen LogP contribution in [0.5, 0.6) is 0 Å². The zero-order chi connectivity index (χ0) is 13.7. The normalized spacial score (nSPS) is 10.3. The summed E-state index contributed by atoms with van der Waals surface area (Å²) in [6.07, 6.45) is -2.65. The minimum atomic E-state index is -2.28. The Morgan fingerprint density at radius 3 is 2.56 bits per heavy atom. The third-order valence-electron chi connectivity index (χ3n) is 2.00. The molecule has 100 valence electrons. The molecular formula is C10H11F3N2OS2. The van der Waals surface area contributed by atoms with E-state index in [4.69, 9.17) is 16.6 Å². The second-order valence-corrected chi connectivity index (χ2v) is 5.11. The minimum absolute atomic E-state index is 0.119. The van der Waals surface area contributed by atoms with Gasteiger partial charge >= 0.3 is 12.1 Å². The number of aromatic nitrogens is 1. The number of hydrogen-bond acceptors (Lipinski definition) is 4. The van der Waals surface area contributed by atoms with E-state index in [2.05, 4.69) is 10.3 Å². The van der Waals surface area contributed by atoms with Crippen LogP contribution in [0.2, 0.25) is 0 Å². The largest absolute Gasteiger partial charge is 0.429 e. The first-order chi connectivity index (χ1) is 8.40. The van der Waals surface area contributed by atoms with Crippen LogP contribution in [0, 0.1) is 13.8 Å². The highest BCUT2D eigenvalue weighted by molar-refractivity contribution is 8.23. The lowest BCUT2D eigenvalue weighted by Gasteiger charge is -2.02. The van der Waals surface area contributed by atoms with Crippen molar-refractivity contribution in [3.63, 3.8) is 0 Å². The molecule has 0 saturated heterocycles. The van der Waals surface area contributed by atoms with Crippen molar-refractivity contribution in [1.29, 1.82) is 0 Å². The van der Waals surface area contributed by atoms with Gasteiger partial charge in [0.15, 0.2) is 5.83 Å². The molecule has 0 radical (unpaired) electrons. The Morgan fingerprint density at radius 2 is 2.06 bits per heavy atom.